The fraction of sp³-hybridized carbons (Fsp3) is 0.300. The van der Waals surface area contributed by atoms with Gasteiger partial charge in [0.15, 0.2) is 17.6 Å². The van der Waals surface area contributed by atoms with Gasteiger partial charge >= 0.3 is 0 Å². The number of carbonyl (C=O) groups is 1. The number of ether oxygens (including phenoxy) is 2. The van der Waals surface area contributed by atoms with Gasteiger partial charge in [-0.1, -0.05) is 54.2 Å². The van der Waals surface area contributed by atoms with Crippen LogP contribution in [-0.4, -0.2) is 63.1 Å². The Morgan fingerprint density at radius 2 is 1.93 bits per heavy atom. The lowest BCUT2D eigenvalue weighted by Gasteiger charge is -2.29. The molecule has 150 valence electrons. The second-order valence-corrected chi connectivity index (χ2v) is 7.61. The summed E-state index contributed by atoms with van der Waals surface area (Å²) in [7, 11) is 1.76. The number of hydrogen-bond acceptors (Lipinski definition) is 7. The number of carbonyl (C=O) groups excluding carboxylic acids is 1. The van der Waals surface area contributed by atoms with Crippen LogP contribution in [0.25, 0.3) is 0 Å². The van der Waals surface area contributed by atoms with Crippen molar-refractivity contribution in [2.45, 2.75) is 17.8 Å². The molecule has 1 aliphatic rings. The van der Waals surface area contributed by atoms with E-state index in [1.807, 2.05) is 54.6 Å². The molecule has 2 heterocycles. The predicted molar refractivity (Wildman–Crippen MR) is 108 cm³/mol. The maximum atomic E-state index is 12.6. The topological polar surface area (TPSA) is 82.4 Å². The number of tetrazole rings is 1. The number of benzene rings is 2. The number of hydrogen-bond donors (Lipinski definition) is 0. The van der Waals surface area contributed by atoms with E-state index in [9.17, 15) is 4.79 Å². The number of aromatic nitrogens is 4. The molecule has 1 aromatic heterocycles. The highest BCUT2D eigenvalue weighted by molar-refractivity contribution is 7.99. The molecule has 0 radical (unpaired) electrons. The van der Waals surface area contributed by atoms with Gasteiger partial charge < -0.3 is 14.4 Å². The van der Waals surface area contributed by atoms with Gasteiger partial charge in [-0.05, 0) is 28.1 Å². The van der Waals surface area contributed by atoms with Crippen LogP contribution in [0, 0.1) is 0 Å². The molecule has 0 bridgehead atoms. The molecule has 29 heavy (non-hydrogen) atoms. The lowest BCUT2D eigenvalue weighted by atomic mass is 10.2. The van der Waals surface area contributed by atoms with E-state index in [1.54, 1.807) is 16.6 Å². The Morgan fingerprint density at radius 1 is 1.17 bits per heavy atom. The Labute approximate surface area is 172 Å². The summed E-state index contributed by atoms with van der Waals surface area (Å²) in [6.07, 6.45) is -0.202. The molecule has 1 amide bonds. The van der Waals surface area contributed by atoms with E-state index in [1.165, 1.54) is 11.8 Å². The van der Waals surface area contributed by atoms with Crippen molar-refractivity contribution < 1.29 is 14.3 Å². The second kappa shape index (κ2) is 8.95. The fourth-order valence-corrected chi connectivity index (χ4v) is 3.77. The number of fused-ring (bicyclic) bond motifs is 1. The summed E-state index contributed by atoms with van der Waals surface area (Å²) < 4.78 is 13.3. The molecule has 8 nitrogen and oxygen atoms in total. The minimum atomic E-state index is -0.202. The molecule has 0 unspecified atom stereocenters. The largest absolute Gasteiger partial charge is 0.486 e. The first-order valence-electron chi connectivity index (χ1n) is 9.24. The standard InChI is InChI=1S/C20H21N5O3S/c1-24(12-16-13-27-17-9-5-6-10-18(17)28-16)19(26)14-29-20-21-22-23-25(20)11-15-7-3-2-4-8-15/h2-10,16H,11-14H2,1H3/t16-/m1/s1. The Morgan fingerprint density at radius 3 is 2.76 bits per heavy atom. The minimum absolute atomic E-state index is 0.0216. The van der Waals surface area contributed by atoms with Crippen LogP contribution in [0.5, 0.6) is 11.5 Å². The lowest BCUT2D eigenvalue weighted by molar-refractivity contribution is -0.128. The second-order valence-electron chi connectivity index (χ2n) is 6.67. The highest BCUT2D eigenvalue weighted by Crippen LogP contribution is 2.31. The molecule has 0 aliphatic carbocycles. The molecular weight excluding hydrogens is 390 g/mol. The first kappa shape index (κ1) is 19.3. The van der Waals surface area contributed by atoms with Crippen molar-refractivity contribution in [2.24, 2.45) is 0 Å². The zero-order chi connectivity index (χ0) is 20.1. The molecule has 0 N–H and O–H groups in total. The van der Waals surface area contributed by atoms with Crippen molar-refractivity contribution >= 4 is 17.7 Å². The number of rotatable bonds is 7. The van der Waals surface area contributed by atoms with Gasteiger partial charge in [-0.3, -0.25) is 4.79 Å². The van der Waals surface area contributed by atoms with Crippen LogP contribution in [0.15, 0.2) is 59.8 Å². The number of likely N-dealkylation sites (N-methyl/N-ethyl adjacent to an activating group) is 1. The van der Waals surface area contributed by atoms with Gasteiger partial charge in [-0.25, -0.2) is 4.68 Å². The van der Waals surface area contributed by atoms with E-state index >= 15 is 0 Å². The maximum absolute atomic E-state index is 12.6. The average molecular weight is 411 g/mol. The molecule has 0 saturated carbocycles. The van der Waals surface area contributed by atoms with Crippen molar-refractivity contribution in [3.8, 4) is 11.5 Å². The molecule has 2 aromatic carbocycles. The molecule has 0 saturated heterocycles. The van der Waals surface area contributed by atoms with Gasteiger partial charge in [-0.15, -0.1) is 5.10 Å². The zero-order valence-corrected chi connectivity index (χ0v) is 16.8. The van der Waals surface area contributed by atoms with Crippen LogP contribution in [-0.2, 0) is 11.3 Å². The average Bonchev–Trinajstić information content (AvgIpc) is 3.19. The summed E-state index contributed by atoms with van der Waals surface area (Å²) in [4.78, 5) is 14.2. The number of nitrogens with zero attached hydrogens (tertiary/aromatic N) is 5. The monoisotopic (exact) mass is 411 g/mol. The van der Waals surface area contributed by atoms with E-state index < -0.39 is 0 Å². The normalized spacial score (nSPS) is 15.1. The first-order valence-corrected chi connectivity index (χ1v) is 10.2. The third-order valence-electron chi connectivity index (χ3n) is 4.47. The van der Waals surface area contributed by atoms with Crippen LogP contribution in [0.4, 0.5) is 0 Å². The molecule has 9 heteroatoms. The van der Waals surface area contributed by atoms with E-state index in [0.29, 0.717) is 30.6 Å². The van der Waals surface area contributed by atoms with Crippen LogP contribution < -0.4 is 9.47 Å². The zero-order valence-electron chi connectivity index (χ0n) is 16.0. The summed E-state index contributed by atoms with van der Waals surface area (Å²) in [5.41, 5.74) is 1.10. The van der Waals surface area contributed by atoms with E-state index in [4.69, 9.17) is 9.47 Å². The predicted octanol–water partition coefficient (Wildman–Crippen LogP) is 2.11. The van der Waals surface area contributed by atoms with Gasteiger partial charge in [-0.2, -0.15) is 0 Å². The molecule has 0 spiro atoms. The Kier molecular flexibility index (Phi) is 5.95. The third kappa shape index (κ3) is 4.86. The van der Waals surface area contributed by atoms with E-state index in [2.05, 4.69) is 15.5 Å². The van der Waals surface area contributed by atoms with E-state index in [0.717, 1.165) is 11.3 Å². The van der Waals surface area contributed by atoms with Gasteiger partial charge in [0.05, 0.1) is 18.8 Å². The molecule has 0 fully saturated rings. The van der Waals surface area contributed by atoms with Gasteiger partial charge in [0, 0.05) is 7.05 Å². The lowest BCUT2D eigenvalue weighted by Crippen LogP contribution is -2.42. The highest BCUT2D eigenvalue weighted by atomic mass is 32.2. The van der Waals surface area contributed by atoms with Gasteiger partial charge in [0.2, 0.25) is 11.1 Å². The van der Waals surface area contributed by atoms with Crippen molar-refractivity contribution in [3.05, 3.63) is 60.2 Å². The molecule has 1 atom stereocenters. The van der Waals surface area contributed by atoms with Crippen molar-refractivity contribution in [3.63, 3.8) is 0 Å². The Bertz CT molecular complexity index is 966. The maximum Gasteiger partial charge on any atom is 0.232 e. The van der Waals surface area contributed by atoms with Gasteiger partial charge in [0.25, 0.3) is 0 Å². The summed E-state index contributed by atoms with van der Waals surface area (Å²) in [6, 6.07) is 17.5. The highest BCUT2D eigenvalue weighted by Gasteiger charge is 2.24. The Balaban J connectivity index is 1.29. The quantitative estimate of drug-likeness (QED) is 0.551. The van der Waals surface area contributed by atoms with E-state index in [-0.39, 0.29) is 17.8 Å². The Hall–Kier alpha value is -3.07. The van der Waals surface area contributed by atoms with Crippen molar-refractivity contribution in [1.82, 2.24) is 25.1 Å². The summed E-state index contributed by atoms with van der Waals surface area (Å²) in [5, 5.41) is 12.4. The minimum Gasteiger partial charge on any atom is -0.486 e. The fourth-order valence-electron chi connectivity index (χ4n) is 2.95. The van der Waals surface area contributed by atoms with Crippen LogP contribution in [0.1, 0.15) is 5.56 Å². The number of amides is 1. The summed E-state index contributed by atoms with van der Waals surface area (Å²) >= 11 is 1.32. The summed E-state index contributed by atoms with van der Waals surface area (Å²) in [6.45, 7) is 1.42. The molecule has 1 aliphatic heterocycles. The summed E-state index contributed by atoms with van der Waals surface area (Å²) in [5.74, 6) is 1.67. The SMILES string of the molecule is CN(C[C@@H]1COc2ccccc2O1)C(=O)CSc1nnnn1Cc1ccccc1. The molecule has 3 aromatic rings. The van der Waals surface area contributed by atoms with Crippen molar-refractivity contribution in [2.75, 3.05) is 26.0 Å². The molecular formula is C20H21N5O3S. The number of para-hydroxylation sites is 2. The molecule has 4 rings (SSSR count). The van der Waals surface area contributed by atoms with Crippen LogP contribution in [0.3, 0.4) is 0 Å². The van der Waals surface area contributed by atoms with Gasteiger partial charge in [0.1, 0.15) is 6.61 Å². The van der Waals surface area contributed by atoms with Crippen LogP contribution in [0.2, 0.25) is 0 Å². The van der Waals surface area contributed by atoms with Crippen molar-refractivity contribution in [1.29, 1.82) is 0 Å². The number of thioether (sulfide) groups is 1. The first-order chi connectivity index (χ1) is 14.2. The smallest absolute Gasteiger partial charge is 0.232 e. The van der Waals surface area contributed by atoms with Crippen LogP contribution >= 0.6 is 11.8 Å². The third-order valence-corrected chi connectivity index (χ3v) is 5.41.